The Labute approximate surface area is 190 Å². The van der Waals surface area contributed by atoms with Crippen LogP contribution >= 0.6 is 11.6 Å². The molecule has 0 aliphatic heterocycles. The Bertz CT molecular complexity index is 1000. The number of carbonyl (C=O) groups is 1. The molecule has 0 aliphatic carbocycles. The number of benzene rings is 2. The number of carboxylic acid groups (broad SMARTS) is 1. The van der Waals surface area contributed by atoms with Crippen molar-refractivity contribution in [3.8, 4) is 5.75 Å². The summed E-state index contributed by atoms with van der Waals surface area (Å²) in [5, 5.41) is 10.1. The van der Waals surface area contributed by atoms with Crippen LogP contribution in [0.4, 0.5) is 13.2 Å². The monoisotopic (exact) mass is 467 g/mol. The second-order valence-corrected chi connectivity index (χ2v) is 7.79. The van der Waals surface area contributed by atoms with Crippen LogP contribution in [0.2, 0.25) is 5.02 Å². The fourth-order valence-corrected chi connectivity index (χ4v) is 3.03. The zero-order valence-corrected chi connectivity index (χ0v) is 18.7. The summed E-state index contributed by atoms with van der Waals surface area (Å²) in [7, 11) is 0. The summed E-state index contributed by atoms with van der Waals surface area (Å²) < 4.78 is 45.0. The van der Waals surface area contributed by atoms with Crippen LogP contribution in [0.5, 0.6) is 5.75 Å². The van der Waals surface area contributed by atoms with Gasteiger partial charge < -0.3 is 9.84 Å². The molecule has 8 heteroatoms. The van der Waals surface area contributed by atoms with E-state index in [1.807, 2.05) is 0 Å². The van der Waals surface area contributed by atoms with E-state index in [1.54, 1.807) is 25.3 Å². The molecule has 2 atom stereocenters. The maximum absolute atomic E-state index is 13.1. The van der Waals surface area contributed by atoms with Crippen LogP contribution in [-0.4, -0.2) is 23.8 Å². The number of allylic oxidation sites excluding steroid dienone is 2. The average Bonchev–Trinajstić information content (AvgIpc) is 2.75. The molecule has 2 unspecified atom stereocenters. The standard InChI is InChI=1S/C24H25ClF3NO3/c1-4-15(3)13-29-14-16(5-2)20-12-19(25)9-10-21(20)32-22(23(30)31)17-7-6-8-18(11-17)24(26,27)28/h5-12,14-15,22H,4,13H2,1-3H3,(H,30,31)/b16-5+,29-14?. The number of aliphatic imine (C=N–C) groups is 1. The van der Waals surface area contributed by atoms with Gasteiger partial charge in [-0.1, -0.05) is 50.1 Å². The van der Waals surface area contributed by atoms with Gasteiger partial charge in [-0.05, 0) is 48.7 Å². The number of hydrogen-bond acceptors (Lipinski definition) is 3. The van der Waals surface area contributed by atoms with Crippen LogP contribution < -0.4 is 4.74 Å². The van der Waals surface area contributed by atoms with Gasteiger partial charge in [-0.15, -0.1) is 0 Å². The Kier molecular flexibility index (Phi) is 8.89. The Morgan fingerprint density at radius 1 is 1.25 bits per heavy atom. The van der Waals surface area contributed by atoms with Gasteiger partial charge in [-0.2, -0.15) is 13.2 Å². The number of alkyl halides is 3. The number of rotatable bonds is 9. The maximum Gasteiger partial charge on any atom is 0.416 e. The molecule has 2 aromatic carbocycles. The first kappa shape index (κ1) is 25.5. The lowest BCUT2D eigenvalue weighted by Gasteiger charge is -2.19. The molecule has 0 fully saturated rings. The minimum absolute atomic E-state index is 0.124. The van der Waals surface area contributed by atoms with Crippen molar-refractivity contribution in [1.82, 2.24) is 0 Å². The number of halogens is 4. The van der Waals surface area contributed by atoms with E-state index in [2.05, 4.69) is 18.8 Å². The smallest absolute Gasteiger partial charge is 0.416 e. The lowest BCUT2D eigenvalue weighted by Crippen LogP contribution is -2.19. The molecule has 0 heterocycles. The van der Waals surface area contributed by atoms with Crippen molar-refractivity contribution in [2.24, 2.45) is 10.9 Å². The van der Waals surface area contributed by atoms with Gasteiger partial charge in [0.1, 0.15) is 5.75 Å². The van der Waals surface area contributed by atoms with Gasteiger partial charge in [0.2, 0.25) is 6.10 Å². The second-order valence-electron chi connectivity index (χ2n) is 7.35. The van der Waals surface area contributed by atoms with Crippen LogP contribution in [-0.2, 0) is 11.0 Å². The molecule has 0 saturated carbocycles. The van der Waals surface area contributed by atoms with E-state index in [9.17, 15) is 23.1 Å². The van der Waals surface area contributed by atoms with Crippen molar-refractivity contribution in [2.45, 2.75) is 39.5 Å². The van der Waals surface area contributed by atoms with Gasteiger partial charge in [-0.3, -0.25) is 4.99 Å². The third-order valence-corrected chi connectivity index (χ3v) is 5.13. The van der Waals surface area contributed by atoms with E-state index in [0.717, 1.165) is 24.6 Å². The van der Waals surface area contributed by atoms with E-state index in [1.165, 1.54) is 18.2 Å². The number of aliphatic carboxylic acids is 1. The summed E-state index contributed by atoms with van der Waals surface area (Å²) in [6, 6.07) is 8.71. The molecule has 2 rings (SSSR count). The van der Waals surface area contributed by atoms with E-state index in [0.29, 0.717) is 28.6 Å². The van der Waals surface area contributed by atoms with Gasteiger partial charge >= 0.3 is 12.1 Å². The molecule has 0 bridgehead atoms. The second kappa shape index (κ2) is 11.2. The highest BCUT2D eigenvalue weighted by atomic mass is 35.5. The summed E-state index contributed by atoms with van der Waals surface area (Å²) in [5.74, 6) is -0.850. The third-order valence-electron chi connectivity index (χ3n) is 4.89. The third kappa shape index (κ3) is 6.85. The first-order valence-electron chi connectivity index (χ1n) is 10.1. The summed E-state index contributed by atoms with van der Waals surface area (Å²) in [4.78, 5) is 16.3. The number of nitrogens with zero attached hydrogens (tertiary/aromatic N) is 1. The molecule has 0 radical (unpaired) electrons. The van der Waals surface area contributed by atoms with Gasteiger partial charge in [0, 0.05) is 28.9 Å². The zero-order valence-electron chi connectivity index (χ0n) is 18.0. The van der Waals surface area contributed by atoms with E-state index < -0.39 is 23.8 Å². The highest BCUT2D eigenvalue weighted by molar-refractivity contribution is 6.31. The topological polar surface area (TPSA) is 58.9 Å². The average molecular weight is 468 g/mol. The van der Waals surface area contributed by atoms with Gasteiger partial charge in [0.15, 0.2) is 0 Å². The fraction of sp³-hybridized carbons (Fsp3) is 0.333. The predicted octanol–water partition coefficient (Wildman–Crippen LogP) is 7.08. The summed E-state index contributed by atoms with van der Waals surface area (Å²) in [5.41, 5.74) is 0.0679. The van der Waals surface area contributed by atoms with E-state index in [4.69, 9.17) is 16.3 Å². The fourth-order valence-electron chi connectivity index (χ4n) is 2.86. The van der Waals surface area contributed by atoms with E-state index in [-0.39, 0.29) is 11.3 Å². The van der Waals surface area contributed by atoms with Crippen molar-refractivity contribution in [3.63, 3.8) is 0 Å². The maximum atomic E-state index is 13.1. The van der Waals surface area contributed by atoms with Gasteiger partial charge in [0.25, 0.3) is 0 Å². The molecular weight excluding hydrogens is 443 g/mol. The van der Waals surface area contributed by atoms with Crippen LogP contribution in [0.15, 0.2) is 53.5 Å². The highest BCUT2D eigenvalue weighted by Gasteiger charge is 2.32. The van der Waals surface area contributed by atoms with Crippen LogP contribution in [0, 0.1) is 5.92 Å². The molecule has 172 valence electrons. The Morgan fingerprint density at radius 2 is 1.97 bits per heavy atom. The van der Waals surface area contributed by atoms with Crippen LogP contribution in [0.1, 0.15) is 50.0 Å². The molecule has 1 N–H and O–H groups in total. The molecule has 4 nitrogen and oxygen atoms in total. The Balaban J connectivity index is 2.43. The van der Waals surface area contributed by atoms with Gasteiger partial charge in [0.05, 0.1) is 5.56 Å². The van der Waals surface area contributed by atoms with Crippen molar-refractivity contribution < 1.29 is 27.8 Å². The Hall–Kier alpha value is -2.80. The number of ether oxygens (including phenoxy) is 1. The zero-order chi connectivity index (χ0) is 23.9. The predicted molar refractivity (Wildman–Crippen MR) is 120 cm³/mol. The normalized spacial score (nSPS) is 14.4. The van der Waals surface area contributed by atoms with Crippen molar-refractivity contribution in [3.05, 3.63) is 70.3 Å². The summed E-state index contributed by atoms with van der Waals surface area (Å²) in [6.45, 7) is 6.55. The molecule has 0 saturated heterocycles. The first-order valence-corrected chi connectivity index (χ1v) is 10.5. The molecule has 0 aromatic heterocycles. The molecule has 0 aliphatic rings. The molecular formula is C24H25ClF3NO3. The van der Waals surface area contributed by atoms with E-state index >= 15 is 0 Å². The Morgan fingerprint density at radius 3 is 2.56 bits per heavy atom. The largest absolute Gasteiger partial charge is 0.478 e. The lowest BCUT2D eigenvalue weighted by atomic mass is 10.0. The van der Waals surface area contributed by atoms with Crippen LogP contribution in [0.3, 0.4) is 0 Å². The molecule has 0 amide bonds. The molecule has 32 heavy (non-hydrogen) atoms. The minimum atomic E-state index is -4.60. The van der Waals surface area contributed by atoms with Crippen molar-refractivity contribution in [2.75, 3.05) is 6.54 Å². The first-order chi connectivity index (χ1) is 15.1. The quantitative estimate of drug-likeness (QED) is 0.401. The number of carboxylic acids is 1. The summed E-state index contributed by atoms with van der Waals surface area (Å²) in [6.07, 6.45) is -1.84. The SMILES string of the molecule is C/C=C(\C=NCC(C)CC)c1cc(Cl)ccc1OC(C(=O)O)c1cccc(C(F)(F)F)c1. The summed E-state index contributed by atoms with van der Waals surface area (Å²) >= 11 is 6.14. The highest BCUT2D eigenvalue weighted by Crippen LogP contribution is 2.35. The molecule has 0 spiro atoms. The van der Waals surface area contributed by atoms with Crippen LogP contribution in [0.25, 0.3) is 5.57 Å². The lowest BCUT2D eigenvalue weighted by molar-refractivity contribution is -0.146. The van der Waals surface area contributed by atoms with Crippen molar-refractivity contribution >= 4 is 29.4 Å². The van der Waals surface area contributed by atoms with Crippen molar-refractivity contribution in [1.29, 1.82) is 0 Å². The molecule has 2 aromatic rings. The number of hydrogen-bond donors (Lipinski definition) is 1. The minimum Gasteiger partial charge on any atom is -0.478 e. The van der Waals surface area contributed by atoms with Gasteiger partial charge in [-0.25, -0.2) is 4.79 Å².